The molecule has 0 amide bonds. The number of sulfonamides is 1. The molecule has 21 heavy (non-hydrogen) atoms. The normalized spacial score (nSPS) is 11.4. The zero-order valence-electron chi connectivity index (χ0n) is 10.5. The van der Waals surface area contributed by atoms with Crippen LogP contribution < -0.4 is 9.88 Å². The van der Waals surface area contributed by atoms with E-state index in [9.17, 15) is 12.8 Å². The minimum Gasteiger partial charge on any atom is -0.487 e. The van der Waals surface area contributed by atoms with Crippen LogP contribution in [0, 0.1) is 5.82 Å². The monoisotopic (exact) mass is 349 g/mol. The van der Waals surface area contributed by atoms with Crippen molar-refractivity contribution in [1.29, 1.82) is 0 Å². The van der Waals surface area contributed by atoms with Crippen molar-refractivity contribution >= 4 is 33.2 Å². The molecule has 112 valence electrons. The molecule has 0 bridgehead atoms. The standard InChI is InChI=1S/C13H10Cl2FNO3S/c14-10-6-9(21(17,18)19)4-5-12(10)20-7-8-2-1-3-11(16)13(8)15/h1-6H,7H2,(H2,17,18,19). The van der Waals surface area contributed by atoms with E-state index in [-0.39, 0.29) is 27.3 Å². The highest BCUT2D eigenvalue weighted by atomic mass is 35.5. The van der Waals surface area contributed by atoms with E-state index in [1.54, 1.807) is 6.07 Å². The minimum atomic E-state index is -3.83. The van der Waals surface area contributed by atoms with Crippen molar-refractivity contribution in [2.75, 3.05) is 0 Å². The molecule has 4 nitrogen and oxygen atoms in total. The highest BCUT2D eigenvalue weighted by Gasteiger charge is 2.12. The highest BCUT2D eigenvalue weighted by molar-refractivity contribution is 7.89. The smallest absolute Gasteiger partial charge is 0.238 e. The van der Waals surface area contributed by atoms with Gasteiger partial charge in [-0.15, -0.1) is 0 Å². The predicted molar refractivity (Wildman–Crippen MR) is 78.6 cm³/mol. The molecule has 0 aromatic heterocycles. The molecule has 0 fully saturated rings. The van der Waals surface area contributed by atoms with Gasteiger partial charge in [-0.05, 0) is 24.3 Å². The minimum absolute atomic E-state index is 0.00889. The molecule has 0 saturated carbocycles. The zero-order chi connectivity index (χ0) is 15.6. The summed E-state index contributed by atoms with van der Waals surface area (Å²) in [5.41, 5.74) is 0.447. The lowest BCUT2D eigenvalue weighted by atomic mass is 10.2. The second kappa shape index (κ2) is 6.19. The van der Waals surface area contributed by atoms with Crippen LogP contribution in [-0.2, 0) is 16.6 Å². The Labute approximate surface area is 131 Å². The Morgan fingerprint density at radius 2 is 1.90 bits per heavy atom. The van der Waals surface area contributed by atoms with E-state index in [4.69, 9.17) is 33.1 Å². The number of primary sulfonamides is 1. The van der Waals surface area contributed by atoms with Gasteiger partial charge in [0.1, 0.15) is 18.2 Å². The van der Waals surface area contributed by atoms with Crippen LogP contribution in [0.15, 0.2) is 41.3 Å². The van der Waals surface area contributed by atoms with Crippen LogP contribution >= 0.6 is 23.2 Å². The molecular weight excluding hydrogens is 340 g/mol. The Hall–Kier alpha value is -1.34. The van der Waals surface area contributed by atoms with Gasteiger partial charge in [0.05, 0.1) is 14.9 Å². The van der Waals surface area contributed by atoms with Crippen molar-refractivity contribution in [2.24, 2.45) is 5.14 Å². The third-order valence-corrected chi connectivity index (χ3v) is 4.28. The summed E-state index contributed by atoms with van der Waals surface area (Å²) in [6.07, 6.45) is 0. The van der Waals surface area contributed by atoms with Crippen LogP contribution in [0.4, 0.5) is 4.39 Å². The van der Waals surface area contributed by atoms with E-state index in [1.165, 1.54) is 30.3 Å². The predicted octanol–water partition coefficient (Wildman–Crippen LogP) is 3.36. The molecule has 0 radical (unpaired) electrons. The SMILES string of the molecule is NS(=O)(=O)c1ccc(OCc2cccc(F)c2Cl)c(Cl)c1. The topological polar surface area (TPSA) is 69.4 Å². The van der Waals surface area contributed by atoms with Gasteiger partial charge in [0.15, 0.2) is 0 Å². The number of hydrogen-bond acceptors (Lipinski definition) is 3. The van der Waals surface area contributed by atoms with Crippen LogP contribution in [0.2, 0.25) is 10.0 Å². The summed E-state index contributed by atoms with van der Waals surface area (Å²) in [6, 6.07) is 8.17. The molecule has 0 heterocycles. The highest BCUT2D eigenvalue weighted by Crippen LogP contribution is 2.28. The fraction of sp³-hybridized carbons (Fsp3) is 0.0769. The van der Waals surface area contributed by atoms with Gasteiger partial charge in [0.2, 0.25) is 10.0 Å². The van der Waals surface area contributed by atoms with Crippen LogP contribution in [0.3, 0.4) is 0 Å². The molecule has 2 N–H and O–H groups in total. The number of halogens is 3. The first kappa shape index (κ1) is 16.0. The van der Waals surface area contributed by atoms with Crippen molar-refractivity contribution < 1.29 is 17.5 Å². The van der Waals surface area contributed by atoms with E-state index in [2.05, 4.69) is 0 Å². The first-order chi connectivity index (χ1) is 9.79. The van der Waals surface area contributed by atoms with Crippen molar-refractivity contribution in [3.63, 3.8) is 0 Å². The van der Waals surface area contributed by atoms with Crippen molar-refractivity contribution in [3.8, 4) is 5.75 Å². The van der Waals surface area contributed by atoms with Gasteiger partial charge in [0.25, 0.3) is 0 Å². The molecular formula is C13H10Cl2FNO3S. The molecule has 0 saturated heterocycles. The van der Waals surface area contributed by atoms with E-state index >= 15 is 0 Å². The van der Waals surface area contributed by atoms with Gasteiger partial charge in [-0.3, -0.25) is 0 Å². The number of nitrogens with two attached hydrogens (primary N) is 1. The number of benzene rings is 2. The van der Waals surface area contributed by atoms with Gasteiger partial charge in [-0.2, -0.15) is 0 Å². The van der Waals surface area contributed by atoms with Crippen LogP contribution in [0.25, 0.3) is 0 Å². The largest absolute Gasteiger partial charge is 0.487 e. The second-order valence-corrected chi connectivity index (χ2v) is 6.49. The van der Waals surface area contributed by atoms with Crippen molar-refractivity contribution in [1.82, 2.24) is 0 Å². The van der Waals surface area contributed by atoms with E-state index < -0.39 is 15.8 Å². The first-order valence-electron chi connectivity index (χ1n) is 5.67. The fourth-order valence-corrected chi connectivity index (χ4v) is 2.61. The molecule has 8 heteroatoms. The third kappa shape index (κ3) is 3.85. The molecule has 2 aromatic carbocycles. The Balaban J connectivity index is 2.19. The van der Waals surface area contributed by atoms with E-state index in [1.807, 2.05) is 0 Å². The summed E-state index contributed by atoms with van der Waals surface area (Å²) in [5.74, 6) is -0.308. The maximum atomic E-state index is 13.3. The summed E-state index contributed by atoms with van der Waals surface area (Å²) in [6.45, 7) is -0.00889. The Morgan fingerprint density at radius 3 is 2.52 bits per heavy atom. The molecule has 2 aromatic rings. The summed E-state index contributed by atoms with van der Waals surface area (Å²) in [5, 5.41) is 5.04. The summed E-state index contributed by atoms with van der Waals surface area (Å²) in [4.78, 5) is -0.122. The molecule has 0 aliphatic rings. The number of ether oxygens (including phenoxy) is 1. The molecule has 0 unspecified atom stereocenters. The van der Waals surface area contributed by atoms with Crippen LogP contribution in [-0.4, -0.2) is 8.42 Å². The summed E-state index contributed by atoms with van der Waals surface area (Å²) >= 11 is 11.7. The number of rotatable bonds is 4. The second-order valence-electron chi connectivity index (χ2n) is 4.14. The lowest BCUT2D eigenvalue weighted by Gasteiger charge is -2.10. The van der Waals surface area contributed by atoms with Gasteiger partial charge < -0.3 is 4.74 Å². The van der Waals surface area contributed by atoms with Gasteiger partial charge in [-0.25, -0.2) is 17.9 Å². The molecule has 0 aliphatic carbocycles. The van der Waals surface area contributed by atoms with Crippen molar-refractivity contribution in [3.05, 3.63) is 57.8 Å². The average Bonchev–Trinajstić information content (AvgIpc) is 2.40. The Bertz CT molecular complexity index is 781. The Morgan fingerprint density at radius 1 is 1.19 bits per heavy atom. The quantitative estimate of drug-likeness (QED) is 0.919. The molecule has 0 aliphatic heterocycles. The number of hydrogen-bond donors (Lipinski definition) is 1. The molecule has 0 atom stereocenters. The lowest BCUT2D eigenvalue weighted by Crippen LogP contribution is -2.12. The van der Waals surface area contributed by atoms with Crippen LogP contribution in [0.5, 0.6) is 5.75 Å². The molecule has 0 spiro atoms. The van der Waals surface area contributed by atoms with Crippen molar-refractivity contribution in [2.45, 2.75) is 11.5 Å². The molecule has 2 rings (SSSR count). The van der Waals surface area contributed by atoms with E-state index in [0.29, 0.717) is 5.56 Å². The summed E-state index contributed by atoms with van der Waals surface area (Å²) in [7, 11) is -3.83. The van der Waals surface area contributed by atoms with Gasteiger partial charge >= 0.3 is 0 Å². The third-order valence-electron chi connectivity index (χ3n) is 2.65. The summed E-state index contributed by atoms with van der Waals surface area (Å²) < 4.78 is 41.0. The van der Waals surface area contributed by atoms with E-state index in [0.717, 1.165) is 0 Å². The first-order valence-corrected chi connectivity index (χ1v) is 7.97. The maximum absolute atomic E-state index is 13.3. The lowest BCUT2D eigenvalue weighted by molar-refractivity contribution is 0.305. The van der Waals surface area contributed by atoms with Gasteiger partial charge in [0, 0.05) is 5.56 Å². The van der Waals surface area contributed by atoms with Crippen LogP contribution in [0.1, 0.15) is 5.56 Å². The van der Waals surface area contributed by atoms with Gasteiger partial charge in [-0.1, -0.05) is 35.3 Å². The fourth-order valence-electron chi connectivity index (χ4n) is 1.59. The maximum Gasteiger partial charge on any atom is 0.238 e. The Kier molecular flexibility index (Phi) is 4.73. The zero-order valence-corrected chi connectivity index (χ0v) is 12.8. The average molecular weight is 350 g/mol.